The molecule has 8 heteroatoms. The van der Waals surface area contributed by atoms with Crippen LogP contribution in [0.5, 0.6) is 0 Å². The fourth-order valence-electron chi connectivity index (χ4n) is 2.66. The highest BCUT2D eigenvalue weighted by Gasteiger charge is 2.29. The standard InChI is InChI=1S/C18H23N3O5/c1-10(2)15(18(25)26-3)21-14(22)9-8-13-17(24)19-12-7-5-4-6-11(12)16(23)20-13/h4-7,10,13,15H,8-9H2,1-3H3,(H,19,24)(H,20,23)(H,21,22)/t13?,15-/m0/s1. The van der Waals surface area contributed by atoms with Gasteiger partial charge in [-0.1, -0.05) is 26.0 Å². The monoisotopic (exact) mass is 361 g/mol. The molecule has 0 saturated heterocycles. The van der Waals surface area contributed by atoms with Gasteiger partial charge >= 0.3 is 5.97 Å². The van der Waals surface area contributed by atoms with Crippen LogP contribution in [0.25, 0.3) is 0 Å². The van der Waals surface area contributed by atoms with Crippen LogP contribution < -0.4 is 16.0 Å². The quantitative estimate of drug-likeness (QED) is 0.650. The highest BCUT2D eigenvalue weighted by molar-refractivity contribution is 6.09. The zero-order valence-electron chi connectivity index (χ0n) is 15.0. The van der Waals surface area contributed by atoms with E-state index in [0.717, 1.165) is 0 Å². The number of para-hydroxylation sites is 1. The van der Waals surface area contributed by atoms with Gasteiger partial charge in [0.1, 0.15) is 12.1 Å². The van der Waals surface area contributed by atoms with E-state index < -0.39 is 24.0 Å². The zero-order chi connectivity index (χ0) is 19.3. The summed E-state index contributed by atoms with van der Waals surface area (Å²) in [6.45, 7) is 3.58. The number of anilines is 1. The third-order valence-electron chi connectivity index (χ3n) is 4.15. The molecule has 1 aromatic carbocycles. The number of amides is 3. The zero-order valence-corrected chi connectivity index (χ0v) is 15.0. The first-order valence-electron chi connectivity index (χ1n) is 8.41. The Morgan fingerprint density at radius 2 is 1.92 bits per heavy atom. The number of nitrogens with one attached hydrogen (secondary N) is 3. The van der Waals surface area contributed by atoms with Gasteiger partial charge in [0, 0.05) is 6.42 Å². The molecule has 2 atom stereocenters. The van der Waals surface area contributed by atoms with Crippen molar-refractivity contribution in [2.24, 2.45) is 5.92 Å². The maximum atomic E-state index is 12.3. The Morgan fingerprint density at radius 1 is 1.23 bits per heavy atom. The molecule has 3 amide bonds. The molecule has 0 fully saturated rings. The van der Waals surface area contributed by atoms with Crippen LogP contribution in [0.3, 0.4) is 0 Å². The second-order valence-electron chi connectivity index (χ2n) is 6.41. The van der Waals surface area contributed by atoms with Crippen LogP contribution in [0.1, 0.15) is 37.0 Å². The van der Waals surface area contributed by atoms with Crippen molar-refractivity contribution in [1.29, 1.82) is 0 Å². The van der Waals surface area contributed by atoms with Crippen LogP contribution in [-0.2, 0) is 19.1 Å². The second kappa shape index (κ2) is 8.46. The molecule has 0 spiro atoms. The molecular formula is C18H23N3O5. The molecule has 0 aromatic heterocycles. The minimum absolute atomic E-state index is 0.0189. The fourth-order valence-corrected chi connectivity index (χ4v) is 2.66. The number of fused-ring (bicyclic) bond motifs is 1. The van der Waals surface area contributed by atoms with Gasteiger partial charge in [-0.2, -0.15) is 0 Å². The first kappa shape index (κ1) is 19.4. The first-order valence-corrected chi connectivity index (χ1v) is 8.41. The van der Waals surface area contributed by atoms with Crippen LogP contribution in [0.15, 0.2) is 24.3 Å². The molecule has 0 bridgehead atoms. The summed E-state index contributed by atoms with van der Waals surface area (Å²) in [5.74, 6) is -1.81. The van der Waals surface area contributed by atoms with E-state index in [9.17, 15) is 19.2 Å². The van der Waals surface area contributed by atoms with Crippen molar-refractivity contribution in [3.63, 3.8) is 0 Å². The van der Waals surface area contributed by atoms with Gasteiger partial charge in [-0.3, -0.25) is 14.4 Å². The van der Waals surface area contributed by atoms with Crippen molar-refractivity contribution in [1.82, 2.24) is 10.6 Å². The smallest absolute Gasteiger partial charge is 0.328 e. The molecule has 26 heavy (non-hydrogen) atoms. The number of hydrogen-bond donors (Lipinski definition) is 3. The predicted octanol–water partition coefficient (Wildman–Crippen LogP) is 0.831. The fraction of sp³-hybridized carbons (Fsp3) is 0.444. The number of hydrogen-bond acceptors (Lipinski definition) is 5. The van der Waals surface area contributed by atoms with Gasteiger partial charge in [-0.05, 0) is 24.5 Å². The molecule has 1 unspecified atom stereocenters. The summed E-state index contributed by atoms with van der Waals surface area (Å²) in [5.41, 5.74) is 0.811. The number of esters is 1. The summed E-state index contributed by atoms with van der Waals surface area (Å²) in [6, 6.07) is 5.09. The Hall–Kier alpha value is -2.90. The molecule has 3 N–H and O–H groups in total. The average Bonchev–Trinajstić information content (AvgIpc) is 2.73. The molecule has 0 saturated carbocycles. The Balaban J connectivity index is 1.97. The molecule has 8 nitrogen and oxygen atoms in total. The van der Waals surface area contributed by atoms with Crippen molar-refractivity contribution >= 4 is 29.4 Å². The van der Waals surface area contributed by atoms with Gasteiger partial charge in [0.2, 0.25) is 11.8 Å². The summed E-state index contributed by atoms with van der Waals surface area (Å²) in [6.07, 6.45) is 0.0955. The third kappa shape index (κ3) is 4.59. The van der Waals surface area contributed by atoms with E-state index >= 15 is 0 Å². The van der Waals surface area contributed by atoms with Gasteiger partial charge in [-0.15, -0.1) is 0 Å². The number of carbonyl (C=O) groups is 4. The number of methoxy groups -OCH3 is 1. The maximum Gasteiger partial charge on any atom is 0.328 e. The van der Waals surface area contributed by atoms with E-state index in [0.29, 0.717) is 11.3 Å². The minimum atomic E-state index is -0.837. The molecule has 1 aliphatic rings. The molecular weight excluding hydrogens is 338 g/mol. The van der Waals surface area contributed by atoms with E-state index in [1.54, 1.807) is 38.1 Å². The van der Waals surface area contributed by atoms with E-state index in [1.807, 2.05) is 0 Å². The van der Waals surface area contributed by atoms with Crippen LogP contribution in [0.2, 0.25) is 0 Å². The van der Waals surface area contributed by atoms with Gasteiger partial charge in [0.25, 0.3) is 5.91 Å². The SMILES string of the molecule is COC(=O)[C@@H](NC(=O)CCC1NC(=O)c2ccccc2NC1=O)C(C)C. The van der Waals surface area contributed by atoms with Crippen molar-refractivity contribution < 1.29 is 23.9 Å². The van der Waals surface area contributed by atoms with Crippen molar-refractivity contribution in [3.05, 3.63) is 29.8 Å². The number of benzene rings is 1. The summed E-state index contributed by atoms with van der Waals surface area (Å²) in [7, 11) is 1.26. The number of carbonyl (C=O) groups excluding carboxylic acids is 4. The van der Waals surface area contributed by atoms with Crippen molar-refractivity contribution in [3.8, 4) is 0 Å². The molecule has 0 aliphatic carbocycles. The Labute approximate surface area is 151 Å². The highest BCUT2D eigenvalue weighted by Crippen LogP contribution is 2.19. The van der Waals surface area contributed by atoms with E-state index in [-0.39, 0.29) is 30.6 Å². The van der Waals surface area contributed by atoms with E-state index in [2.05, 4.69) is 20.7 Å². The lowest BCUT2D eigenvalue weighted by molar-refractivity contribution is -0.146. The highest BCUT2D eigenvalue weighted by atomic mass is 16.5. The van der Waals surface area contributed by atoms with Crippen LogP contribution >= 0.6 is 0 Å². The maximum absolute atomic E-state index is 12.3. The molecule has 1 aliphatic heterocycles. The average molecular weight is 361 g/mol. The number of ether oxygens (including phenoxy) is 1. The third-order valence-corrected chi connectivity index (χ3v) is 4.15. The van der Waals surface area contributed by atoms with E-state index in [4.69, 9.17) is 0 Å². The second-order valence-corrected chi connectivity index (χ2v) is 6.41. The first-order chi connectivity index (χ1) is 12.3. The van der Waals surface area contributed by atoms with Crippen molar-refractivity contribution in [2.75, 3.05) is 12.4 Å². The summed E-state index contributed by atoms with van der Waals surface area (Å²) < 4.78 is 4.68. The topological polar surface area (TPSA) is 114 Å². The molecule has 1 heterocycles. The Morgan fingerprint density at radius 3 is 2.58 bits per heavy atom. The summed E-state index contributed by atoms with van der Waals surface area (Å²) in [5, 5.41) is 7.92. The van der Waals surface area contributed by atoms with Crippen LogP contribution in [0, 0.1) is 5.92 Å². The molecule has 140 valence electrons. The Kier molecular flexibility index (Phi) is 6.32. The van der Waals surface area contributed by atoms with Crippen LogP contribution in [-0.4, -0.2) is 42.9 Å². The predicted molar refractivity (Wildman–Crippen MR) is 94.3 cm³/mol. The lowest BCUT2D eigenvalue weighted by Crippen LogP contribution is -2.46. The molecule has 2 rings (SSSR count). The lowest BCUT2D eigenvalue weighted by Gasteiger charge is -2.20. The molecule has 1 aromatic rings. The number of rotatable bonds is 6. The van der Waals surface area contributed by atoms with Gasteiger partial charge in [0.15, 0.2) is 0 Å². The summed E-state index contributed by atoms with van der Waals surface area (Å²) in [4.78, 5) is 48.4. The van der Waals surface area contributed by atoms with Gasteiger partial charge in [-0.25, -0.2) is 4.79 Å². The van der Waals surface area contributed by atoms with Gasteiger partial charge < -0.3 is 20.7 Å². The normalized spacial score (nSPS) is 17.5. The summed E-state index contributed by atoms with van der Waals surface area (Å²) >= 11 is 0. The van der Waals surface area contributed by atoms with Crippen LogP contribution in [0.4, 0.5) is 5.69 Å². The largest absolute Gasteiger partial charge is 0.467 e. The van der Waals surface area contributed by atoms with E-state index in [1.165, 1.54) is 7.11 Å². The van der Waals surface area contributed by atoms with Gasteiger partial charge in [0.05, 0.1) is 18.4 Å². The Bertz CT molecular complexity index is 717. The molecule has 0 radical (unpaired) electrons. The minimum Gasteiger partial charge on any atom is -0.467 e. The van der Waals surface area contributed by atoms with Crippen molar-refractivity contribution in [2.45, 2.75) is 38.8 Å². The lowest BCUT2D eigenvalue weighted by atomic mass is 10.0.